The van der Waals surface area contributed by atoms with Crippen LogP contribution in [0.3, 0.4) is 0 Å². The zero-order chi connectivity index (χ0) is 20.1. The van der Waals surface area contributed by atoms with Crippen LogP contribution in [0.4, 0.5) is 5.69 Å². The average molecular weight is 498 g/mol. The first-order valence-electron chi connectivity index (χ1n) is 10.2. The number of piperazine rings is 1. The lowest BCUT2D eigenvalue weighted by Crippen LogP contribution is -2.52. The molecular weight excluding hydrogens is 467 g/mol. The summed E-state index contributed by atoms with van der Waals surface area (Å²) in [4.78, 5) is 31.4. The maximum absolute atomic E-state index is 12.7. The first kappa shape index (κ1) is 21.5. The summed E-state index contributed by atoms with van der Waals surface area (Å²) in [6, 6.07) is 7.79. The predicted octanol–water partition coefficient (Wildman–Crippen LogP) is 2.35. The summed E-state index contributed by atoms with van der Waals surface area (Å²) >= 11 is 2.23. The van der Waals surface area contributed by atoms with Gasteiger partial charge in [-0.15, -0.1) is 0 Å². The normalized spacial score (nSPS) is 24.2. The van der Waals surface area contributed by atoms with E-state index in [1.807, 2.05) is 29.2 Å². The van der Waals surface area contributed by atoms with Gasteiger partial charge in [0.1, 0.15) is 0 Å². The van der Waals surface area contributed by atoms with Gasteiger partial charge in [0.25, 0.3) is 0 Å². The van der Waals surface area contributed by atoms with Crippen molar-refractivity contribution in [2.75, 3.05) is 57.7 Å². The molecule has 0 spiro atoms. The Morgan fingerprint density at radius 3 is 2.18 bits per heavy atom. The number of rotatable bonds is 5. The average Bonchev–Trinajstić information content (AvgIpc) is 2.64. The molecule has 2 fully saturated rings. The number of piperidine rings is 1. The summed E-state index contributed by atoms with van der Waals surface area (Å²) in [6.45, 7) is 10.5. The maximum atomic E-state index is 12.7. The third kappa shape index (κ3) is 6.15. The van der Waals surface area contributed by atoms with Gasteiger partial charge in [-0.3, -0.25) is 19.4 Å². The van der Waals surface area contributed by atoms with Crippen LogP contribution in [0.2, 0.25) is 0 Å². The second kappa shape index (κ2) is 10.0. The highest BCUT2D eigenvalue weighted by Crippen LogP contribution is 2.21. The lowest BCUT2D eigenvalue weighted by molar-refractivity contribution is -0.135. The molecule has 0 aromatic heterocycles. The van der Waals surface area contributed by atoms with Gasteiger partial charge in [0, 0.05) is 42.8 Å². The molecule has 0 radical (unpaired) electrons. The topological polar surface area (TPSA) is 55.9 Å². The Morgan fingerprint density at radius 2 is 1.57 bits per heavy atom. The summed E-state index contributed by atoms with van der Waals surface area (Å²) in [7, 11) is 0. The molecule has 2 atom stereocenters. The molecule has 0 bridgehead atoms. The highest BCUT2D eigenvalue weighted by Gasteiger charge is 2.27. The molecule has 3 rings (SSSR count). The number of para-hydroxylation sites is 1. The van der Waals surface area contributed by atoms with Crippen molar-refractivity contribution in [3.63, 3.8) is 0 Å². The molecule has 2 aliphatic rings. The van der Waals surface area contributed by atoms with E-state index in [0.29, 0.717) is 24.9 Å². The van der Waals surface area contributed by atoms with Crippen molar-refractivity contribution in [3.8, 4) is 0 Å². The van der Waals surface area contributed by atoms with Crippen molar-refractivity contribution >= 4 is 40.1 Å². The fourth-order valence-electron chi connectivity index (χ4n) is 4.22. The fraction of sp³-hybridized carbons (Fsp3) is 0.619. The Labute approximate surface area is 181 Å². The van der Waals surface area contributed by atoms with Gasteiger partial charge >= 0.3 is 0 Å². The van der Waals surface area contributed by atoms with Crippen LogP contribution < -0.4 is 5.32 Å². The van der Waals surface area contributed by atoms with E-state index in [-0.39, 0.29) is 11.8 Å². The summed E-state index contributed by atoms with van der Waals surface area (Å²) in [5.74, 6) is 1.46. The van der Waals surface area contributed by atoms with E-state index in [1.54, 1.807) is 0 Å². The van der Waals surface area contributed by atoms with Crippen LogP contribution in [0, 0.1) is 15.4 Å². The minimum atomic E-state index is 0.0185. The fourth-order valence-corrected chi connectivity index (χ4v) is 4.74. The Kier molecular flexibility index (Phi) is 7.70. The first-order chi connectivity index (χ1) is 13.4. The minimum Gasteiger partial charge on any atom is -0.341 e. The van der Waals surface area contributed by atoms with Crippen LogP contribution >= 0.6 is 22.6 Å². The molecule has 2 heterocycles. The molecule has 0 saturated carbocycles. The molecule has 1 aromatic rings. The van der Waals surface area contributed by atoms with E-state index < -0.39 is 0 Å². The van der Waals surface area contributed by atoms with Crippen LogP contribution in [-0.4, -0.2) is 78.9 Å². The van der Waals surface area contributed by atoms with Gasteiger partial charge in [0.2, 0.25) is 11.8 Å². The molecule has 1 N–H and O–H groups in total. The highest BCUT2D eigenvalue weighted by molar-refractivity contribution is 14.1. The number of carbonyl (C=O) groups is 2. The number of nitrogens with zero attached hydrogens (tertiary/aromatic N) is 3. The third-order valence-electron chi connectivity index (χ3n) is 5.56. The number of carbonyl (C=O) groups excluding carboxylic acids is 2. The number of benzene rings is 1. The predicted molar refractivity (Wildman–Crippen MR) is 120 cm³/mol. The molecule has 1 aromatic carbocycles. The molecule has 2 saturated heterocycles. The quantitative estimate of drug-likeness (QED) is 0.634. The van der Waals surface area contributed by atoms with Crippen molar-refractivity contribution in [3.05, 3.63) is 27.8 Å². The molecule has 0 aliphatic carbocycles. The molecular formula is C21H31IN4O2. The molecule has 7 heteroatoms. The van der Waals surface area contributed by atoms with Crippen LogP contribution in [0.1, 0.15) is 20.3 Å². The van der Waals surface area contributed by atoms with Gasteiger partial charge in [-0.25, -0.2) is 0 Å². The van der Waals surface area contributed by atoms with Gasteiger partial charge in [0.05, 0.1) is 18.8 Å². The standard InChI is InChI=1S/C21H31IN4O2/c1-16-11-17(2)13-26(12-16)21(28)15-25-9-7-24(8-10-25)14-20(27)23-19-6-4-3-5-18(19)22/h3-6,16-17H,7-15H2,1-2H3,(H,23,27)/t16-,17-/m0/s1. The van der Waals surface area contributed by atoms with Crippen LogP contribution in [0.15, 0.2) is 24.3 Å². The van der Waals surface area contributed by atoms with Crippen molar-refractivity contribution in [2.45, 2.75) is 20.3 Å². The molecule has 2 aliphatic heterocycles. The second-order valence-electron chi connectivity index (χ2n) is 8.33. The Bertz CT molecular complexity index is 681. The number of anilines is 1. The van der Waals surface area contributed by atoms with E-state index in [0.717, 1.165) is 48.5 Å². The van der Waals surface area contributed by atoms with Crippen LogP contribution in [0.25, 0.3) is 0 Å². The first-order valence-corrected chi connectivity index (χ1v) is 11.3. The minimum absolute atomic E-state index is 0.0185. The summed E-state index contributed by atoms with van der Waals surface area (Å²) in [6.07, 6.45) is 1.21. The molecule has 2 amide bonds. The zero-order valence-corrected chi connectivity index (χ0v) is 19.0. The lowest BCUT2D eigenvalue weighted by Gasteiger charge is -2.38. The van der Waals surface area contributed by atoms with E-state index >= 15 is 0 Å². The lowest BCUT2D eigenvalue weighted by atomic mass is 9.92. The van der Waals surface area contributed by atoms with Gasteiger partial charge in [-0.2, -0.15) is 0 Å². The number of hydrogen-bond acceptors (Lipinski definition) is 4. The Balaban J connectivity index is 1.40. The van der Waals surface area contributed by atoms with Crippen molar-refractivity contribution < 1.29 is 9.59 Å². The van der Waals surface area contributed by atoms with Crippen molar-refractivity contribution in [2.24, 2.45) is 11.8 Å². The van der Waals surface area contributed by atoms with Gasteiger partial charge < -0.3 is 10.2 Å². The zero-order valence-electron chi connectivity index (χ0n) is 16.9. The van der Waals surface area contributed by atoms with Gasteiger partial charge in [0.15, 0.2) is 0 Å². The number of amides is 2. The maximum Gasteiger partial charge on any atom is 0.238 e. The Morgan fingerprint density at radius 1 is 1.00 bits per heavy atom. The summed E-state index contributed by atoms with van der Waals surface area (Å²) < 4.78 is 1.04. The monoisotopic (exact) mass is 498 g/mol. The van der Waals surface area contributed by atoms with Crippen molar-refractivity contribution in [1.82, 2.24) is 14.7 Å². The van der Waals surface area contributed by atoms with Gasteiger partial charge in [-0.1, -0.05) is 26.0 Å². The van der Waals surface area contributed by atoms with Gasteiger partial charge in [-0.05, 0) is 53.0 Å². The number of hydrogen-bond donors (Lipinski definition) is 1. The highest BCUT2D eigenvalue weighted by atomic mass is 127. The van der Waals surface area contributed by atoms with E-state index in [9.17, 15) is 9.59 Å². The Hall–Kier alpha value is -1.19. The molecule has 28 heavy (non-hydrogen) atoms. The largest absolute Gasteiger partial charge is 0.341 e. The molecule has 0 unspecified atom stereocenters. The summed E-state index contributed by atoms with van der Waals surface area (Å²) in [5, 5.41) is 2.99. The number of likely N-dealkylation sites (tertiary alicyclic amines) is 1. The second-order valence-corrected chi connectivity index (χ2v) is 9.49. The smallest absolute Gasteiger partial charge is 0.238 e. The van der Waals surface area contributed by atoms with Crippen LogP contribution in [0.5, 0.6) is 0 Å². The van der Waals surface area contributed by atoms with E-state index in [4.69, 9.17) is 0 Å². The SMILES string of the molecule is C[C@H]1C[C@H](C)CN(C(=O)CN2CCN(CC(=O)Nc3ccccc3I)CC2)C1. The summed E-state index contributed by atoms with van der Waals surface area (Å²) in [5.41, 5.74) is 0.863. The van der Waals surface area contributed by atoms with Crippen LogP contribution in [-0.2, 0) is 9.59 Å². The number of halogens is 1. The van der Waals surface area contributed by atoms with E-state index in [1.165, 1.54) is 6.42 Å². The molecule has 154 valence electrons. The van der Waals surface area contributed by atoms with E-state index in [2.05, 4.69) is 51.6 Å². The van der Waals surface area contributed by atoms with Crippen molar-refractivity contribution in [1.29, 1.82) is 0 Å². The molecule has 6 nitrogen and oxygen atoms in total. The number of nitrogens with one attached hydrogen (secondary N) is 1. The third-order valence-corrected chi connectivity index (χ3v) is 6.50.